The number of ether oxygens (including phenoxy) is 1. The third-order valence-corrected chi connectivity index (χ3v) is 8.24. The van der Waals surface area contributed by atoms with Crippen molar-refractivity contribution in [2.45, 2.75) is 30.1 Å². The van der Waals surface area contributed by atoms with Crippen molar-refractivity contribution >= 4 is 63.6 Å². The number of hydrogen-bond donors (Lipinski definition) is 1. The molecule has 1 N–H and O–H groups in total. The molecule has 1 aliphatic heterocycles. The van der Waals surface area contributed by atoms with Gasteiger partial charge in [-0.25, -0.2) is 14.5 Å². The van der Waals surface area contributed by atoms with Gasteiger partial charge in [0.25, 0.3) is 0 Å². The molecule has 1 fully saturated rings. The van der Waals surface area contributed by atoms with Crippen LogP contribution >= 0.6 is 35.1 Å². The van der Waals surface area contributed by atoms with Gasteiger partial charge in [-0.15, -0.1) is 5.10 Å². The fourth-order valence-electron chi connectivity index (χ4n) is 4.27. The third-order valence-electron chi connectivity index (χ3n) is 6.26. The molecule has 0 bridgehead atoms. The molecule has 9 nitrogen and oxygen atoms in total. The number of amidine groups is 1. The lowest BCUT2D eigenvalue weighted by Crippen LogP contribution is -2.31. The predicted molar refractivity (Wildman–Crippen MR) is 167 cm³/mol. The Labute approximate surface area is 276 Å². The van der Waals surface area contributed by atoms with Gasteiger partial charge in [0.2, 0.25) is 5.91 Å². The Morgan fingerprint density at radius 2 is 1.83 bits per heavy atom. The number of aromatic nitrogens is 3. The average Bonchev–Trinajstić information content (AvgIpc) is 3.61. The summed E-state index contributed by atoms with van der Waals surface area (Å²) in [6.07, 6.45) is -3.14. The van der Waals surface area contributed by atoms with Crippen molar-refractivity contribution in [3.63, 3.8) is 0 Å². The summed E-state index contributed by atoms with van der Waals surface area (Å²) >= 11 is 7.17. The molecule has 1 saturated heterocycles. The lowest BCUT2D eigenvalue weighted by atomic mass is 10.1. The number of amides is 3. The molecule has 1 aliphatic rings. The van der Waals surface area contributed by atoms with E-state index in [9.17, 15) is 35.9 Å². The van der Waals surface area contributed by atoms with Gasteiger partial charge in [0.05, 0.1) is 34.4 Å². The molecule has 18 heteroatoms. The van der Waals surface area contributed by atoms with Crippen molar-refractivity contribution in [3.8, 4) is 17.1 Å². The maximum absolute atomic E-state index is 12.9. The molecule has 0 saturated carbocycles. The van der Waals surface area contributed by atoms with Crippen LogP contribution in [-0.4, -0.2) is 55.9 Å². The summed E-state index contributed by atoms with van der Waals surface area (Å²) in [6, 6.07) is 14.1. The summed E-state index contributed by atoms with van der Waals surface area (Å²) in [5, 5.41) is 7.02. The standard InChI is InChI=1S/C29H21ClF6N6O3S2/c1-16-2-3-18(12-45-14-28(31,32)33)23(10-16)42-24(43)13-46-27(42)39-26(44)38-22-9-4-17(11-21(22)30)25-37-15-41(40-25)19-5-7-20(8-6-19)47-29(34,35)36/h2-11,15H,12-14H2,1H3,(H,38,44)/b39-27-. The number of anilines is 2. The van der Waals surface area contributed by atoms with E-state index in [1.54, 1.807) is 31.2 Å². The average molecular weight is 715 g/mol. The first kappa shape index (κ1) is 34.3. The van der Waals surface area contributed by atoms with E-state index < -0.39 is 36.8 Å². The van der Waals surface area contributed by atoms with Gasteiger partial charge >= 0.3 is 17.7 Å². The Hall–Kier alpha value is -4.06. The van der Waals surface area contributed by atoms with Crippen LogP contribution in [0.1, 0.15) is 11.1 Å². The molecule has 0 aliphatic carbocycles. The maximum atomic E-state index is 12.9. The Bertz CT molecular complexity index is 1830. The highest BCUT2D eigenvalue weighted by molar-refractivity contribution is 8.15. The van der Waals surface area contributed by atoms with Crippen LogP contribution in [0.4, 0.5) is 42.5 Å². The zero-order valence-corrected chi connectivity index (χ0v) is 26.3. The van der Waals surface area contributed by atoms with Crippen molar-refractivity contribution in [2.75, 3.05) is 22.6 Å². The predicted octanol–water partition coefficient (Wildman–Crippen LogP) is 8.25. The highest BCUT2D eigenvalue weighted by Crippen LogP contribution is 2.37. The molecular formula is C29H21ClF6N6O3S2. The van der Waals surface area contributed by atoms with Gasteiger partial charge in [0.1, 0.15) is 12.9 Å². The second-order valence-electron chi connectivity index (χ2n) is 9.83. The molecule has 3 amide bonds. The second kappa shape index (κ2) is 14.0. The van der Waals surface area contributed by atoms with Crippen LogP contribution in [0.25, 0.3) is 17.1 Å². The number of nitrogens with one attached hydrogen (secondary N) is 1. The van der Waals surface area contributed by atoms with Gasteiger partial charge < -0.3 is 10.1 Å². The van der Waals surface area contributed by atoms with Crippen molar-refractivity contribution in [2.24, 2.45) is 4.99 Å². The van der Waals surface area contributed by atoms with E-state index in [2.05, 4.69) is 20.4 Å². The monoisotopic (exact) mass is 714 g/mol. The van der Waals surface area contributed by atoms with E-state index in [0.29, 0.717) is 16.8 Å². The lowest BCUT2D eigenvalue weighted by Gasteiger charge is -2.21. The molecule has 0 atom stereocenters. The number of carbonyl (C=O) groups is 2. The molecule has 1 aromatic heterocycles. The molecule has 0 unspecified atom stereocenters. The Morgan fingerprint density at radius 1 is 1.09 bits per heavy atom. The van der Waals surface area contributed by atoms with E-state index in [1.165, 1.54) is 52.3 Å². The molecule has 5 rings (SSSR count). The number of aryl methyl sites for hydroxylation is 1. The normalized spacial score (nSPS) is 14.7. The molecular weight excluding hydrogens is 694 g/mol. The molecule has 0 spiro atoms. The summed E-state index contributed by atoms with van der Waals surface area (Å²) < 4.78 is 81.9. The van der Waals surface area contributed by atoms with Gasteiger partial charge in [-0.3, -0.25) is 9.69 Å². The fraction of sp³-hybridized carbons (Fsp3) is 0.207. The number of rotatable bonds is 8. The quantitative estimate of drug-likeness (QED) is 0.145. The molecule has 3 aromatic carbocycles. The van der Waals surface area contributed by atoms with Crippen molar-refractivity contribution in [1.29, 1.82) is 0 Å². The summed E-state index contributed by atoms with van der Waals surface area (Å²) in [4.78, 5) is 35.1. The number of nitrogens with zero attached hydrogens (tertiary/aromatic N) is 5. The van der Waals surface area contributed by atoms with Gasteiger partial charge in [-0.05, 0) is 72.8 Å². The molecule has 246 valence electrons. The lowest BCUT2D eigenvalue weighted by molar-refractivity contribution is -0.176. The SMILES string of the molecule is Cc1ccc(COCC(F)(F)F)c(N2C(=O)CS/C2=N\C(=O)Nc2ccc(-c3ncn(-c4ccc(SC(F)(F)F)cc4)n3)cc2Cl)c1. The van der Waals surface area contributed by atoms with Gasteiger partial charge in [-0.2, -0.15) is 31.3 Å². The van der Waals surface area contributed by atoms with Gasteiger partial charge in [0, 0.05) is 16.0 Å². The van der Waals surface area contributed by atoms with Crippen molar-refractivity contribution < 1.29 is 40.7 Å². The number of benzene rings is 3. The minimum Gasteiger partial charge on any atom is -0.367 e. The fourth-order valence-corrected chi connectivity index (χ4v) is 5.89. The van der Waals surface area contributed by atoms with Crippen LogP contribution in [0.15, 0.2) is 76.9 Å². The Balaban J connectivity index is 1.29. The number of thioether (sulfide) groups is 2. The first-order chi connectivity index (χ1) is 22.1. The van der Waals surface area contributed by atoms with E-state index >= 15 is 0 Å². The van der Waals surface area contributed by atoms with Crippen LogP contribution in [0, 0.1) is 6.92 Å². The molecule has 47 heavy (non-hydrogen) atoms. The number of urea groups is 1. The van der Waals surface area contributed by atoms with E-state index in [1.807, 2.05) is 0 Å². The van der Waals surface area contributed by atoms with Crippen LogP contribution in [0.3, 0.4) is 0 Å². The third kappa shape index (κ3) is 9.06. The Kier molecular flexibility index (Phi) is 10.2. The summed E-state index contributed by atoms with van der Waals surface area (Å²) in [6.45, 7) is -0.151. The second-order valence-corrected chi connectivity index (χ2v) is 12.3. The molecule has 4 aromatic rings. The van der Waals surface area contributed by atoms with Crippen LogP contribution in [0.5, 0.6) is 0 Å². The highest BCUT2D eigenvalue weighted by atomic mass is 35.5. The smallest absolute Gasteiger partial charge is 0.367 e. The van der Waals surface area contributed by atoms with E-state index in [0.717, 1.165) is 17.3 Å². The van der Waals surface area contributed by atoms with E-state index in [-0.39, 0.29) is 49.8 Å². The van der Waals surface area contributed by atoms with E-state index in [4.69, 9.17) is 16.3 Å². The van der Waals surface area contributed by atoms with Crippen molar-refractivity contribution in [1.82, 2.24) is 14.8 Å². The van der Waals surface area contributed by atoms with Gasteiger partial charge in [0.15, 0.2) is 11.0 Å². The highest BCUT2D eigenvalue weighted by Gasteiger charge is 2.33. The van der Waals surface area contributed by atoms with Crippen LogP contribution in [0.2, 0.25) is 5.02 Å². The number of carbonyl (C=O) groups excluding carboxylic acids is 2. The molecule has 2 heterocycles. The molecule has 0 radical (unpaired) electrons. The number of aliphatic imine (C=N–C) groups is 1. The van der Waals surface area contributed by atoms with Crippen LogP contribution < -0.4 is 10.2 Å². The minimum atomic E-state index is -4.52. The number of hydrogen-bond acceptors (Lipinski definition) is 7. The number of halogens is 7. The minimum absolute atomic E-state index is 0.0164. The summed E-state index contributed by atoms with van der Waals surface area (Å²) in [5.41, 5.74) is -1.99. The van der Waals surface area contributed by atoms with Crippen molar-refractivity contribution in [3.05, 3.63) is 83.1 Å². The zero-order chi connectivity index (χ0) is 33.9. The van der Waals surface area contributed by atoms with Crippen LogP contribution in [-0.2, 0) is 16.1 Å². The maximum Gasteiger partial charge on any atom is 0.446 e. The summed E-state index contributed by atoms with van der Waals surface area (Å²) in [5.74, 6) is -0.215. The first-order valence-corrected chi connectivity index (χ1v) is 15.5. The first-order valence-electron chi connectivity index (χ1n) is 13.3. The number of alkyl halides is 6. The largest absolute Gasteiger partial charge is 0.446 e. The zero-order valence-electron chi connectivity index (χ0n) is 23.9. The summed E-state index contributed by atoms with van der Waals surface area (Å²) in [7, 11) is 0. The topological polar surface area (TPSA) is 102 Å². The Morgan fingerprint density at radius 3 is 2.51 bits per heavy atom. The van der Waals surface area contributed by atoms with Gasteiger partial charge in [-0.1, -0.05) is 35.5 Å².